The van der Waals surface area contributed by atoms with Gasteiger partial charge in [-0.3, -0.25) is 0 Å². The van der Waals surface area contributed by atoms with E-state index in [1.54, 1.807) is 38.1 Å². The SMILES string of the molecule is CCOC(=O)C(C)(Nc1ccccc1)c1ccc(C(F)(F)F)cc1. The molecule has 1 unspecified atom stereocenters. The van der Waals surface area contributed by atoms with Gasteiger partial charge in [0.15, 0.2) is 5.54 Å². The molecule has 0 fully saturated rings. The highest BCUT2D eigenvalue weighted by Gasteiger charge is 2.38. The van der Waals surface area contributed by atoms with Gasteiger partial charge in [0, 0.05) is 5.69 Å². The molecule has 6 heteroatoms. The third-order valence-electron chi connectivity index (χ3n) is 3.64. The normalized spacial score (nSPS) is 13.9. The molecule has 1 N–H and O–H groups in total. The summed E-state index contributed by atoms with van der Waals surface area (Å²) < 4.78 is 43.3. The summed E-state index contributed by atoms with van der Waals surface area (Å²) >= 11 is 0. The predicted octanol–water partition coefficient (Wildman–Crippen LogP) is 4.60. The van der Waals surface area contributed by atoms with Crippen LogP contribution >= 0.6 is 0 Å². The number of alkyl halides is 3. The van der Waals surface area contributed by atoms with Gasteiger partial charge in [0.1, 0.15) is 0 Å². The molecule has 24 heavy (non-hydrogen) atoms. The molecule has 0 radical (unpaired) electrons. The van der Waals surface area contributed by atoms with Gasteiger partial charge >= 0.3 is 12.1 Å². The molecule has 128 valence electrons. The number of carbonyl (C=O) groups is 1. The fourth-order valence-electron chi connectivity index (χ4n) is 2.32. The zero-order valence-corrected chi connectivity index (χ0v) is 13.4. The van der Waals surface area contributed by atoms with Gasteiger partial charge in [-0.1, -0.05) is 30.3 Å². The standard InChI is InChI=1S/C18H18F3NO2/c1-3-24-16(23)17(2,22-15-7-5-4-6-8-15)13-9-11-14(12-10-13)18(19,20)21/h4-12,22H,3H2,1-2H3. The van der Waals surface area contributed by atoms with Gasteiger partial charge in [0.05, 0.1) is 12.2 Å². The van der Waals surface area contributed by atoms with E-state index in [2.05, 4.69) is 5.32 Å². The Morgan fingerprint density at radius 3 is 2.04 bits per heavy atom. The first-order valence-corrected chi connectivity index (χ1v) is 7.45. The first-order chi connectivity index (χ1) is 11.3. The fraction of sp³-hybridized carbons (Fsp3) is 0.278. The van der Waals surface area contributed by atoms with Crippen molar-refractivity contribution in [2.45, 2.75) is 25.6 Å². The van der Waals surface area contributed by atoms with E-state index in [4.69, 9.17) is 4.74 Å². The topological polar surface area (TPSA) is 38.3 Å². The Morgan fingerprint density at radius 2 is 1.54 bits per heavy atom. The van der Waals surface area contributed by atoms with Crippen LogP contribution in [0.2, 0.25) is 0 Å². The molecule has 2 rings (SSSR count). The molecule has 0 aromatic heterocycles. The van der Waals surface area contributed by atoms with Crippen LogP contribution in [-0.4, -0.2) is 12.6 Å². The smallest absolute Gasteiger partial charge is 0.416 e. The van der Waals surface area contributed by atoms with E-state index in [9.17, 15) is 18.0 Å². The third-order valence-corrected chi connectivity index (χ3v) is 3.64. The molecule has 0 saturated heterocycles. The molecular weight excluding hydrogens is 319 g/mol. The lowest BCUT2D eigenvalue weighted by atomic mass is 9.90. The predicted molar refractivity (Wildman–Crippen MR) is 85.5 cm³/mol. The van der Waals surface area contributed by atoms with E-state index in [1.807, 2.05) is 6.07 Å². The highest BCUT2D eigenvalue weighted by Crippen LogP contribution is 2.33. The lowest BCUT2D eigenvalue weighted by molar-refractivity contribution is -0.148. The van der Waals surface area contributed by atoms with Crippen molar-refractivity contribution in [2.24, 2.45) is 0 Å². The van der Waals surface area contributed by atoms with Crippen molar-refractivity contribution in [2.75, 3.05) is 11.9 Å². The molecule has 2 aromatic rings. The quantitative estimate of drug-likeness (QED) is 0.811. The summed E-state index contributed by atoms with van der Waals surface area (Å²) in [6, 6.07) is 13.4. The first kappa shape index (κ1) is 17.8. The van der Waals surface area contributed by atoms with Crippen LogP contribution in [0.5, 0.6) is 0 Å². The van der Waals surface area contributed by atoms with Crippen LogP contribution in [0.15, 0.2) is 54.6 Å². The van der Waals surface area contributed by atoms with Crippen LogP contribution in [0.25, 0.3) is 0 Å². The second kappa shape index (κ2) is 6.95. The molecule has 0 aliphatic rings. The number of rotatable bonds is 5. The van der Waals surface area contributed by atoms with Crippen LogP contribution in [0.4, 0.5) is 18.9 Å². The lowest BCUT2D eigenvalue weighted by Crippen LogP contribution is -2.42. The Hall–Kier alpha value is -2.50. The number of ether oxygens (including phenoxy) is 1. The molecule has 0 aliphatic heterocycles. The van der Waals surface area contributed by atoms with E-state index >= 15 is 0 Å². The maximum absolute atomic E-state index is 12.7. The second-order valence-corrected chi connectivity index (χ2v) is 5.41. The van der Waals surface area contributed by atoms with Crippen molar-refractivity contribution in [1.29, 1.82) is 0 Å². The van der Waals surface area contributed by atoms with E-state index in [0.717, 1.165) is 12.1 Å². The Labute approximate surface area is 138 Å². The highest BCUT2D eigenvalue weighted by molar-refractivity contribution is 5.85. The molecule has 0 amide bonds. The third kappa shape index (κ3) is 3.88. The van der Waals surface area contributed by atoms with Crippen molar-refractivity contribution < 1.29 is 22.7 Å². The van der Waals surface area contributed by atoms with Gasteiger partial charge in [-0.15, -0.1) is 0 Å². The van der Waals surface area contributed by atoms with Crippen LogP contribution in [0.1, 0.15) is 25.0 Å². The summed E-state index contributed by atoms with van der Waals surface area (Å²) in [5, 5.41) is 3.06. The fourth-order valence-corrected chi connectivity index (χ4v) is 2.32. The first-order valence-electron chi connectivity index (χ1n) is 7.45. The molecule has 2 aromatic carbocycles. The molecule has 0 aliphatic carbocycles. The van der Waals surface area contributed by atoms with E-state index < -0.39 is 23.2 Å². The number of carbonyl (C=O) groups excluding carboxylic acids is 1. The van der Waals surface area contributed by atoms with Crippen LogP contribution < -0.4 is 5.32 Å². The van der Waals surface area contributed by atoms with Crippen LogP contribution in [0.3, 0.4) is 0 Å². The Morgan fingerprint density at radius 1 is 1.00 bits per heavy atom. The van der Waals surface area contributed by atoms with Gasteiger partial charge in [0.2, 0.25) is 0 Å². The van der Waals surface area contributed by atoms with E-state index in [1.165, 1.54) is 12.1 Å². The van der Waals surface area contributed by atoms with Crippen LogP contribution in [-0.2, 0) is 21.2 Å². The van der Waals surface area contributed by atoms with Crippen molar-refractivity contribution in [3.63, 3.8) is 0 Å². The summed E-state index contributed by atoms with van der Waals surface area (Å²) in [6.45, 7) is 3.43. The van der Waals surface area contributed by atoms with Crippen molar-refractivity contribution in [1.82, 2.24) is 0 Å². The Balaban J connectivity index is 2.40. The average molecular weight is 337 g/mol. The minimum Gasteiger partial charge on any atom is -0.464 e. The minimum atomic E-state index is -4.42. The number of para-hydroxylation sites is 1. The van der Waals surface area contributed by atoms with Gasteiger partial charge in [-0.2, -0.15) is 13.2 Å². The molecule has 1 atom stereocenters. The molecule has 0 spiro atoms. The number of nitrogens with one attached hydrogen (secondary N) is 1. The number of anilines is 1. The molecule has 0 saturated carbocycles. The molecular formula is C18H18F3NO2. The Bertz CT molecular complexity index is 684. The summed E-state index contributed by atoms with van der Waals surface area (Å²) in [5.41, 5.74) is -1.02. The van der Waals surface area contributed by atoms with Crippen LogP contribution in [0, 0.1) is 0 Å². The highest BCUT2D eigenvalue weighted by atomic mass is 19.4. The lowest BCUT2D eigenvalue weighted by Gasteiger charge is -2.30. The van der Waals surface area contributed by atoms with Crippen molar-refractivity contribution in [3.05, 3.63) is 65.7 Å². The van der Waals surface area contributed by atoms with Gasteiger partial charge in [-0.05, 0) is 43.7 Å². The zero-order valence-electron chi connectivity index (χ0n) is 13.4. The largest absolute Gasteiger partial charge is 0.464 e. The van der Waals surface area contributed by atoms with E-state index in [0.29, 0.717) is 11.3 Å². The maximum atomic E-state index is 12.7. The second-order valence-electron chi connectivity index (χ2n) is 5.41. The molecule has 0 heterocycles. The maximum Gasteiger partial charge on any atom is 0.416 e. The van der Waals surface area contributed by atoms with Crippen molar-refractivity contribution >= 4 is 11.7 Å². The summed E-state index contributed by atoms with van der Waals surface area (Å²) in [4.78, 5) is 12.4. The number of esters is 1. The monoisotopic (exact) mass is 337 g/mol. The molecule has 3 nitrogen and oxygen atoms in total. The Kier molecular flexibility index (Phi) is 5.17. The average Bonchev–Trinajstić information content (AvgIpc) is 2.55. The van der Waals surface area contributed by atoms with E-state index in [-0.39, 0.29) is 6.61 Å². The summed E-state index contributed by atoms with van der Waals surface area (Å²) in [7, 11) is 0. The zero-order chi connectivity index (χ0) is 17.8. The number of benzene rings is 2. The summed E-state index contributed by atoms with van der Waals surface area (Å²) in [5.74, 6) is -0.561. The minimum absolute atomic E-state index is 0.172. The van der Waals surface area contributed by atoms with Gasteiger partial charge in [-0.25, -0.2) is 4.79 Å². The summed E-state index contributed by atoms with van der Waals surface area (Å²) in [6.07, 6.45) is -4.42. The van der Waals surface area contributed by atoms with Gasteiger partial charge < -0.3 is 10.1 Å². The molecule has 0 bridgehead atoms. The number of halogens is 3. The number of hydrogen-bond donors (Lipinski definition) is 1. The number of hydrogen-bond acceptors (Lipinski definition) is 3. The van der Waals surface area contributed by atoms with Crippen molar-refractivity contribution in [3.8, 4) is 0 Å². The van der Waals surface area contributed by atoms with Gasteiger partial charge in [0.25, 0.3) is 0 Å².